The molecule has 0 spiro atoms. The van der Waals surface area contributed by atoms with Gasteiger partial charge in [-0.1, -0.05) is 30.1 Å². The Bertz CT molecular complexity index is 1130. The quantitative estimate of drug-likeness (QED) is 0.411. The lowest BCUT2D eigenvalue weighted by atomic mass is 10.1. The van der Waals surface area contributed by atoms with E-state index in [1.807, 2.05) is 32.4 Å². The molecule has 0 saturated carbocycles. The number of halogens is 3. The Kier molecular flexibility index (Phi) is 7.76. The third-order valence-electron chi connectivity index (χ3n) is 5.78. The van der Waals surface area contributed by atoms with Gasteiger partial charge in [-0.05, 0) is 44.2 Å². The molecule has 3 aromatic rings. The number of nitrogens with one attached hydrogen (secondary N) is 2. The number of aromatic nitrogens is 3. The summed E-state index contributed by atoms with van der Waals surface area (Å²) in [5, 5.41) is 7.01. The van der Waals surface area contributed by atoms with E-state index in [-0.39, 0.29) is 17.7 Å². The fourth-order valence-corrected chi connectivity index (χ4v) is 5.59. The van der Waals surface area contributed by atoms with Crippen LogP contribution in [0.3, 0.4) is 0 Å². The molecular weight excluding hydrogens is 481 g/mol. The van der Waals surface area contributed by atoms with Crippen LogP contribution in [0.15, 0.2) is 30.6 Å². The minimum atomic E-state index is -4.56. The Morgan fingerprint density at radius 3 is 2.59 bits per heavy atom. The van der Waals surface area contributed by atoms with Crippen LogP contribution in [0.5, 0.6) is 0 Å². The maximum absolute atomic E-state index is 13.8. The highest BCUT2D eigenvalue weighted by Gasteiger charge is 2.36. The molecule has 1 fully saturated rings. The summed E-state index contributed by atoms with van der Waals surface area (Å²) in [6.07, 6.45) is 1.59. The van der Waals surface area contributed by atoms with Gasteiger partial charge < -0.3 is 10.6 Å². The van der Waals surface area contributed by atoms with Crippen LogP contribution < -0.4 is 10.6 Å². The zero-order valence-electron chi connectivity index (χ0n) is 19.2. The highest BCUT2D eigenvalue weighted by atomic mass is 32.2. The van der Waals surface area contributed by atoms with Crippen LogP contribution in [-0.4, -0.2) is 51.7 Å². The zero-order chi connectivity index (χ0) is 24.3. The summed E-state index contributed by atoms with van der Waals surface area (Å²) in [6.45, 7) is 4.55. The standard InChI is InChI=1S/C23H27F3N6S2/c1-14-10-15(11-27-2)4-5-17(14)21-28-13-19(34-21)20-18(23(24,25)26)12-29-22(31-20)30-16-6-8-32(33-3)9-7-16/h4-5,10,12-13,16,27H,6-9,11H2,1-3H3,(H,29,30,31). The molecule has 4 rings (SSSR count). The maximum atomic E-state index is 13.8. The smallest absolute Gasteiger partial charge is 0.351 e. The lowest BCUT2D eigenvalue weighted by Gasteiger charge is -2.30. The summed E-state index contributed by atoms with van der Waals surface area (Å²) in [5.74, 6) is 0.216. The van der Waals surface area contributed by atoms with Gasteiger partial charge in [-0.25, -0.2) is 15.0 Å². The Morgan fingerprint density at radius 1 is 1.18 bits per heavy atom. The number of aryl methyl sites for hydroxylation is 1. The number of rotatable bonds is 7. The molecule has 0 bridgehead atoms. The molecular formula is C23H27F3N6S2. The second-order valence-corrected chi connectivity index (χ2v) is 10.1. The second kappa shape index (κ2) is 10.6. The zero-order valence-corrected chi connectivity index (χ0v) is 20.9. The molecule has 0 radical (unpaired) electrons. The third-order valence-corrected chi connectivity index (χ3v) is 7.70. The van der Waals surface area contributed by atoms with Crippen molar-refractivity contribution in [2.75, 3.05) is 31.7 Å². The Balaban J connectivity index is 1.63. The maximum Gasteiger partial charge on any atom is 0.420 e. The fraction of sp³-hybridized carbons (Fsp3) is 0.435. The van der Waals surface area contributed by atoms with Crippen molar-refractivity contribution in [3.05, 3.63) is 47.3 Å². The number of hydrogen-bond donors (Lipinski definition) is 2. The number of nitrogens with zero attached hydrogens (tertiary/aromatic N) is 4. The molecule has 2 aromatic heterocycles. The molecule has 1 aromatic carbocycles. The number of thiazole rings is 1. The van der Waals surface area contributed by atoms with E-state index in [0.29, 0.717) is 9.88 Å². The van der Waals surface area contributed by atoms with Crippen molar-refractivity contribution >= 4 is 29.2 Å². The normalized spacial score (nSPS) is 15.6. The van der Waals surface area contributed by atoms with E-state index in [4.69, 9.17) is 0 Å². The molecule has 1 saturated heterocycles. The molecule has 0 unspecified atom stereocenters. The van der Waals surface area contributed by atoms with Gasteiger partial charge in [0, 0.05) is 43.6 Å². The summed E-state index contributed by atoms with van der Waals surface area (Å²) in [5.41, 5.74) is 2.06. The number of anilines is 1. The first kappa shape index (κ1) is 24.9. The van der Waals surface area contributed by atoms with E-state index in [9.17, 15) is 13.2 Å². The monoisotopic (exact) mass is 508 g/mol. The topological polar surface area (TPSA) is 66.0 Å². The van der Waals surface area contributed by atoms with Gasteiger partial charge in [-0.15, -0.1) is 11.3 Å². The van der Waals surface area contributed by atoms with E-state index in [1.165, 1.54) is 17.5 Å². The summed E-state index contributed by atoms with van der Waals surface area (Å²) in [7, 11) is 1.88. The van der Waals surface area contributed by atoms with Crippen LogP contribution in [0.2, 0.25) is 0 Å². The van der Waals surface area contributed by atoms with E-state index < -0.39 is 11.7 Å². The van der Waals surface area contributed by atoms with Gasteiger partial charge in [0.1, 0.15) is 10.6 Å². The van der Waals surface area contributed by atoms with Crippen molar-refractivity contribution in [2.45, 2.75) is 38.5 Å². The van der Waals surface area contributed by atoms with E-state index in [0.717, 1.165) is 55.4 Å². The van der Waals surface area contributed by atoms with Gasteiger partial charge in [0.2, 0.25) is 5.95 Å². The number of piperidine rings is 1. The first-order chi connectivity index (χ1) is 16.3. The number of hydrogen-bond acceptors (Lipinski definition) is 8. The van der Waals surface area contributed by atoms with Gasteiger partial charge >= 0.3 is 6.18 Å². The van der Waals surface area contributed by atoms with Gasteiger partial charge in [0.05, 0.1) is 10.6 Å². The van der Waals surface area contributed by atoms with Gasteiger partial charge in [-0.2, -0.15) is 13.2 Å². The Morgan fingerprint density at radius 2 is 1.94 bits per heavy atom. The molecule has 3 heterocycles. The molecule has 182 valence electrons. The number of alkyl halides is 3. The average molecular weight is 509 g/mol. The first-order valence-corrected chi connectivity index (χ1v) is 13.0. The summed E-state index contributed by atoms with van der Waals surface area (Å²) in [6, 6.07) is 6.14. The Hall–Kier alpha value is -2.21. The van der Waals surface area contributed by atoms with Crippen molar-refractivity contribution in [2.24, 2.45) is 0 Å². The molecule has 6 nitrogen and oxygen atoms in total. The van der Waals surface area contributed by atoms with Crippen LogP contribution in [0.1, 0.15) is 29.5 Å². The highest BCUT2D eigenvalue weighted by Crippen LogP contribution is 2.40. The van der Waals surface area contributed by atoms with E-state index >= 15 is 0 Å². The average Bonchev–Trinajstić information content (AvgIpc) is 3.29. The summed E-state index contributed by atoms with van der Waals surface area (Å²) >= 11 is 2.91. The Labute approximate surface area is 205 Å². The van der Waals surface area contributed by atoms with Gasteiger partial charge in [0.25, 0.3) is 0 Å². The van der Waals surface area contributed by atoms with Crippen molar-refractivity contribution in [1.29, 1.82) is 0 Å². The van der Waals surface area contributed by atoms with Crippen LogP contribution in [0.25, 0.3) is 21.1 Å². The van der Waals surface area contributed by atoms with Crippen LogP contribution in [0, 0.1) is 6.92 Å². The first-order valence-electron chi connectivity index (χ1n) is 11.0. The lowest BCUT2D eigenvalue weighted by molar-refractivity contribution is -0.137. The SMILES string of the molecule is CNCc1ccc(-c2ncc(-c3nc(NC4CCN(SC)CC4)ncc3C(F)(F)F)s2)c(C)c1. The molecule has 11 heteroatoms. The van der Waals surface area contributed by atoms with Crippen LogP contribution in [-0.2, 0) is 12.7 Å². The number of benzene rings is 1. The minimum absolute atomic E-state index is 0.129. The third kappa shape index (κ3) is 5.70. The molecule has 0 amide bonds. The molecule has 34 heavy (non-hydrogen) atoms. The molecule has 1 aliphatic rings. The second-order valence-electron chi connectivity index (χ2n) is 8.19. The predicted molar refractivity (Wildman–Crippen MR) is 133 cm³/mol. The van der Waals surface area contributed by atoms with Crippen molar-refractivity contribution in [1.82, 2.24) is 24.6 Å². The van der Waals surface area contributed by atoms with Crippen LogP contribution in [0.4, 0.5) is 19.1 Å². The molecule has 0 atom stereocenters. The van der Waals surface area contributed by atoms with Crippen LogP contribution >= 0.6 is 23.3 Å². The largest absolute Gasteiger partial charge is 0.420 e. The van der Waals surface area contributed by atoms with Gasteiger partial charge in [0.15, 0.2) is 0 Å². The predicted octanol–water partition coefficient (Wildman–Crippen LogP) is 5.47. The fourth-order valence-electron chi connectivity index (χ4n) is 4.00. The van der Waals surface area contributed by atoms with E-state index in [1.54, 1.807) is 11.9 Å². The van der Waals surface area contributed by atoms with Crippen molar-refractivity contribution in [3.8, 4) is 21.1 Å². The van der Waals surface area contributed by atoms with Crippen molar-refractivity contribution < 1.29 is 13.2 Å². The summed E-state index contributed by atoms with van der Waals surface area (Å²) < 4.78 is 43.6. The van der Waals surface area contributed by atoms with E-state index in [2.05, 4.69) is 36.0 Å². The summed E-state index contributed by atoms with van der Waals surface area (Å²) in [4.78, 5) is 13.1. The van der Waals surface area contributed by atoms with Gasteiger partial charge in [-0.3, -0.25) is 4.31 Å². The lowest BCUT2D eigenvalue weighted by Crippen LogP contribution is -2.35. The molecule has 1 aliphatic heterocycles. The minimum Gasteiger partial charge on any atom is -0.351 e. The molecule has 0 aliphatic carbocycles. The van der Waals surface area contributed by atoms with Crippen molar-refractivity contribution in [3.63, 3.8) is 0 Å². The highest BCUT2D eigenvalue weighted by molar-refractivity contribution is 7.96. The molecule has 2 N–H and O–H groups in total.